The first kappa shape index (κ1) is 11.1. The highest BCUT2D eigenvalue weighted by Crippen LogP contribution is 1.94. The summed E-state index contributed by atoms with van der Waals surface area (Å²) in [7, 11) is 3.47. The molecule has 0 atom stereocenters. The Morgan fingerprint density at radius 1 is 1.25 bits per heavy atom. The molecule has 0 unspecified atom stereocenters. The van der Waals surface area contributed by atoms with E-state index in [-0.39, 0.29) is 18.1 Å². The van der Waals surface area contributed by atoms with Crippen LogP contribution in [0, 0.1) is 0 Å². The smallest absolute Gasteiger partial charge is 0.234 e. The molecule has 0 aliphatic carbocycles. The van der Waals surface area contributed by atoms with Gasteiger partial charge < -0.3 is 0 Å². The van der Waals surface area contributed by atoms with Gasteiger partial charge >= 0.3 is 0 Å². The Morgan fingerprint density at radius 3 is 2.25 bits per heavy atom. The van der Waals surface area contributed by atoms with Gasteiger partial charge in [-0.25, -0.2) is 5.01 Å². The van der Waals surface area contributed by atoms with E-state index >= 15 is 0 Å². The van der Waals surface area contributed by atoms with Gasteiger partial charge in [0.15, 0.2) is 0 Å². The largest absolute Gasteiger partial charge is 0.300 e. The van der Waals surface area contributed by atoms with Crippen LogP contribution in [0.1, 0.15) is 26.2 Å². The first-order chi connectivity index (χ1) is 5.56. The van der Waals surface area contributed by atoms with Crippen LogP contribution in [0.4, 0.5) is 0 Å². The number of hydrogen-bond donors (Lipinski definition) is 1. The maximum absolute atomic E-state index is 11.0. The first-order valence-corrected chi connectivity index (χ1v) is 4.04. The molecule has 0 spiro atoms. The molecule has 0 aromatic rings. The number of nitrogens with zero attached hydrogens (tertiary/aromatic N) is 1. The SMILES string of the molecule is CCC(=O)CCC(=O)NN(C)C. The van der Waals surface area contributed by atoms with Gasteiger partial charge in [0.05, 0.1) is 0 Å². The Hall–Kier alpha value is -0.900. The van der Waals surface area contributed by atoms with Crippen LogP contribution in [0.25, 0.3) is 0 Å². The van der Waals surface area contributed by atoms with Gasteiger partial charge in [-0.05, 0) is 0 Å². The molecule has 4 heteroatoms. The van der Waals surface area contributed by atoms with Crippen molar-refractivity contribution in [2.45, 2.75) is 26.2 Å². The van der Waals surface area contributed by atoms with Crippen molar-refractivity contribution < 1.29 is 9.59 Å². The predicted molar refractivity (Wildman–Crippen MR) is 46.4 cm³/mol. The Balaban J connectivity index is 3.51. The van der Waals surface area contributed by atoms with Crippen molar-refractivity contribution in [3.63, 3.8) is 0 Å². The second-order valence-corrected chi connectivity index (χ2v) is 2.82. The zero-order valence-electron chi connectivity index (χ0n) is 7.89. The number of hydrogen-bond acceptors (Lipinski definition) is 3. The van der Waals surface area contributed by atoms with E-state index in [0.717, 1.165) is 0 Å². The number of amides is 1. The number of hydrazine groups is 1. The molecule has 0 radical (unpaired) electrons. The molecule has 0 aliphatic heterocycles. The predicted octanol–water partition coefficient (Wildman–Crippen LogP) is 0.339. The van der Waals surface area contributed by atoms with E-state index in [4.69, 9.17) is 0 Å². The Bertz CT molecular complexity index is 166. The Labute approximate surface area is 72.9 Å². The van der Waals surface area contributed by atoms with Crippen molar-refractivity contribution in [3.8, 4) is 0 Å². The zero-order chi connectivity index (χ0) is 9.56. The molecular formula is C8H16N2O2. The van der Waals surface area contributed by atoms with E-state index in [2.05, 4.69) is 5.43 Å². The average Bonchev–Trinajstić information content (AvgIpc) is 1.99. The first-order valence-electron chi connectivity index (χ1n) is 4.04. The van der Waals surface area contributed by atoms with Crippen LogP contribution in [0.2, 0.25) is 0 Å². The van der Waals surface area contributed by atoms with E-state index < -0.39 is 0 Å². The van der Waals surface area contributed by atoms with E-state index in [9.17, 15) is 9.59 Å². The summed E-state index contributed by atoms with van der Waals surface area (Å²) in [6, 6.07) is 0. The molecule has 0 aromatic heterocycles. The van der Waals surface area contributed by atoms with Crippen molar-refractivity contribution in [2.24, 2.45) is 0 Å². The standard InChI is InChI=1S/C8H16N2O2/c1-4-7(11)5-6-8(12)9-10(2)3/h4-6H2,1-3H3,(H,9,12). The van der Waals surface area contributed by atoms with Crippen molar-refractivity contribution in [3.05, 3.63) is 0 Å². The molecule has 1 amide bonds. The van der Waals surface area contributed by atoms with Crippen LogP contribution in [0.5, 0.6) is 0 Å². The van der Waals surface area contributed by atoms with Gasteiger partial charge in [-0.3, -0.25) is 15.0 Å². The fourth-order valence-electron chi connectivity index (χ4n) is 0.735. The van der Waals surface area contributed by atoms with Crippen molar-refractivity contribution in [1.29, 1.82) is 0 Å². The number of rotatable bonds is 5. The molecule has 70 valence electrons. The quantitative estimate of drug-likeness (QED) is 0.608. The topological polar surface area (TPSA) is 49.4 Å². The number of carbonyl (C=O) groups excluding carboxylic acids is 2. The van der Waals surface area contributed by atoms with Crippen molar-refractivity contribution in [2.75, 3.05) is 14.1 Å². The minimum absolute atomic E-state index is 0.109. The van der Waals surface area contributed by atoms with Crippen LogP contribution in [0.15, 0.2) is 0 Å². The van der Waals surface area contributed by atoms with Gasteiger partial charge in [-0.15, -0.1) is 0 Å². The highest BCUT2D eigenvalue weighted by atomic mass is 16.2. The maximum atomic E-state index is 11.0. The summed E-state index contributed by atoms with van der Waals surface area (Å²) >= 11 is 0. The number of carbonyl (C=O) groups is 2. The van der Waals surface area contributed by atoms with Gasteiger partial charge in [0.25, 0.3) is 0 Å². The lowest BCUT2D eigenvalue weighted by Gasteiger charge is -2.10. The minimum Gasteiger partial charge on any atom is -0.300 e. The summed E-state index contributed by atoms with van der Waals surface area (Å²) < 4.78 is 0. The Kier molecular flexibility index (Phi) is 5.28. The molecule has 0 fully saturated rings. The molecule has 0 bridgehead atoms. The lowest BCUT2D eigenvalue weighted by Crippen LogP contribution is -2.36. The summed E-state index contributed by atoms with van der Waals surface area (Å²) in [6.45, 7) is 1.80. The van der Waals surface area contributed by atoms with Crippen molar-refractivity contribution in [1.82, 2.24) is 10.4 Å². The van der Waals surface area contributed by atoms with Crippen LogP contribution in [-0.4, -0.2) is 30.8 Å². The lowest BCUT2D eigenvalue weighted by atomic mass is 10.2. The second kappa shape index (κ2) is 5.71. The molecule has 0 aromatic carbocycles. The third-order valence-electron chi connectivity index (χ3n) is 1.37. The summed E-state index contributed by atoms with van der Waals surface area (Å²) in [6.07, 6.45) is 1.14. The highest BCUT2D eigenvalue weighted by molar-refractivity contribution is 5.84. The molecule has 0 saturated heterocycles. The third-order valence-corrected chi connectivity index (χ3v) is 1.37. The number of Topliss-reactive ketones (excluding diaryl/α,β-unsaturated/α-hetero) is 1. The molecule has 0 heterocycles. The number of nitrogens with one attached hydrogen (secondary N) is 1. The molecular weight excluding hydrogens is 156 g/mol. The second-order valence-electron chi connectivity index (χ2n) is 2.82. The van der Waals surface area contributed by atoms with Crippen LogP contribution in [-0.2, 0) is 9.59 Å². The zero-order valence-corrected chi connectivity index (χ0v) is 7.89. The normalized spacial score (nSPS) is 10.0. The molecule has 0 aliphatic rings. The van der Waals surface area contributed by atoms with Gasteiger partial charge in [0, 0.05) is 33.4 Å². The summed E-state index contributed by atoms with van der Waals surface area (Å²) in [5.41, 5.74) is 2.56. The van der Waals surface area contributed by atoms with Crippen LogP contribution < -0.4 is 5.43 Å². The van der Waals surface area contributed by atoms with Crippen molar-refractivity contribution >= 4 is 11.7 Å². The Morgan fingerprint density at radius 2 is 1.83 bits per heavy atom. The summed E-state index contributed by atoms with van der Waals surface area (Å²) in [5, 5.41) is 1.57. The van der Waals surface area contributed by atoms with E-state index in [1.54, 1.807) is 26.0 Å². The van der Waals surface area contributed by atoms with E-state index in [1.807, 2.05) is 0 Å². The fourth-order valence-corrected chi connectivity index (χ4v) is 0.735. The maximum Gasteiger partial charge on any atom is 0.234 e. The fraction of sp³-hybridized carbons (Fsp3) is 0.750. The molecule has 1 N–H and O–H groups in total. The number of ketones is 1. The van der Waals surface area contributed by atoms with E-state index in [0.29, 0.717) is 12.8 Å². The van der Waals surface area contributed by atoms with Gasteiger partial charge in [0.2, 0.25) is 5.91 Å². The van der Waals surface area contributed by atoms with Crippen LogP contribution >= 0.6 is 0 Å². The summed E-state index contributed by atoms with van der Waals surface area (Å²) in [4.78, 5) is 21.8. The molecule has 4 nitrogen and oxygen atoms in total. The third kappa shape index (κ3) is 5.85. The van der Waals surface area contributed by atoms with Gasteiger partial charge in [-0.1, -0.05) is 6.92 Å². The molecule has 12 heavy (non-hydrogen) atoms. The average molecular weight is 172 g/mol. The van der Waals surface area contributed by atoms with Gasteiger partial charge in [0.1, 0.15) is 5.78 Å². The minimum atomic E-state index is -0.109. The van der Waals surface area contributed by atoms with Gasteiger partial charge in [-0.2, -0.15) is 0 Å². The highest BCUT2D eigenvalue weighted by Gasteiger charge is 2.04. The molecule has 0 saturated carbocycles. The van der Waals surface area contributed by atoms with Crippen LogP contribution in [0.3, 0.4) is 0 Å². The molecule has 0 rings (SSSR count). The van der Waals surface area contributed by atoms with E-state index in [1.165, 1.54) is 0 Å². The monoisotopic (exact) mass is 172 g/mol. The lowest BCUT2D eigenvalue weighted by molar-refractivity contribution is -0.127. The summed E-state index contributed by atoms with van der Waals surface area (Å²) in [5.74, 6) is 0.0192.